The van der Waals surface area contributed by atoms with Crippen LogP contribution in [-0.4, -0.2) is 44.7 Å². The van der Waals surface area contributed by atoms with Crippen LogP contribution in [0.15, 0.2) is 18.2 Å². The summed E-state index contributed by atoms with van der Waals surface area (Å²) in [5.74, 6) is 1.50. The zero-order valence-corrected chi connectivity index (χ0v) is 13.7. The van der Waals surface area contributed by atoms with E-state index in [9.17, 15) is 13.2 Å². The Morgan fingerprint density at radius 3 is 2.86 bits per heavy atom. The smallest absolute Gasteiger partial charge is 0.242 e. The number of carbonyl (C=O) groups is 1. The number of benzene rings is 1. The minimum Gasteiger partial charge on any atom is -0.323 e. The molecule has 1 fully saturated rings. The highest BCUT2D eigenvalue weighted by Gasteiger charge is 2.21. The molecule has 0 radical (unpaired) electrons. The van der Waals surface area contributed by atoms with E-state index in [4.69, 9.17) is 11.6 Å². The van der Waals surface area contributed by atoms with Gasteiger partial charge in [-0.15, -0.1) is 0 Å². The fourth-order valence-corrected chi connectivity index (χ4v) is 3.51. The zero-order chi connectivity index (χ0) is 15.5. The van der Waals surface area contributed by atoms with E-state index in [0.717, 1.165) is 18.6 Å². The van der Waals surface area contributed by atoms with Crippen LogP contribution in [0.4, 0.5) is 11.4 Å². The van der Waals surface area contributed by atoms with Crippen molar-refractivity contribution in [1.82, 2.24) is 5.32 Å². The summed E-state index contributed by atoms with van der Waals surface area (Å²) >= 11 is 7.74. The molecule has 116 valence electrons. The van der Waals surface area contributed by atoms with Gasteiger partial charge in [-0.25, -0.2) is 8.42 Å². The molecule has 1 aliphatic rings. The summed E-state index contributed by atoms with van der Waals surface area (Å²) in [7, 11) is -3.38. The van der Waals surface area contributed by atoms with E-state index in [-0.39, 0.29) is 11.9 Å². The first-order chi connectivity index (χ1) is 9.85. The number of rotatable bonds is 4. The van der Waals surface area contributed by atoms with Crippen LogP contribution in [0, 0.1) is 0 Å². The van der Waals surface area contributed by atoms with Crippen LogP contribution in [0.25, 0.3) is 0 Å². The summed E-state index contributed by atoms with van der Waals surface area (Å²) in [5.41, 5.74) is 0.732. The molecular formula is C12H16ClN3O3S2. The molecule has 1 aliphatic heterocycles. The van der Waals surface area contributed by atoms with E-state index in [1.165, 1.54) is 18.2 Å². The Balaban J connectivity index is 2.11. The van der Waals surface area contributed by atoms with E-state index < -0.39 is 10.0 Å². The van der Waals surface area contributed by atoms with Crippen molar-refractivity contribution in [3.63, 3.8) is 0 Å². The quantitative estimate of drug-likeness (QED) is 0.764. The second-order valence-electron chi connectivity index (χ2n) is 4.64. The van der Waals surface area contributed by atoms with Gasteiger partial charge in [-0.2, -0.15) is 11.8 Å². The summed E-state index contributed by atoms with van der Waals surface area (Å²) in [4.78, 5) is 12.1. The van der Waals surface area contributed by atoms with Gasteiger partial charge in [-0.3, -0.25) is 9.52 Å². The zero-order valence-electron chi connectivity index (χ0n) is 11.3. The first-order valence-corrected chi connectivity index (χ1v) is 9.67. The molecule has 0 saturated carbocycles. The topological polar surface area (TPSA) is 87.3 Å². The average molecular weight is 350 g/mol. The van der Waals surface area contributed by atoms with Gasteiger partial charge < -0.3 is 10.6 Å². The fourth-order valence-electron chi connectivity index (χ4n) is 1.85. The molecule has 0 aromatic heterocycles. The molecule has 3 N–H and O–H groups in total. The molecule has 1 heterocycles. The minimum absolute atomic E-state index is 0.180. The molecule has 6 nitrogen and oxygen atoms in total. The highest BCUT2D eigenvalue weighted by molar-refractivity contribution is 7.99. The molecule has 0 aliphatic carbocycles. The molecule has 21 heavy (non-hydrogen) atoms. The Hall–Kier alpha value is -0.960. The van der Waals surface area contributed by atoms with Crippen molar-refractivity contribution >= 4 is 50.7 Å². The van der Waals surface area contributed by atoms with Crippen LogP contribution in [0.5, 0.6) is 0 Å². The predicted octanol–water partition coefficient (Wildman–Crippen LogP) is 1.35. The lowest BCUT2D eigenvalue weighted by molar-refractivity contribution is -0.117. The third-order valence-electron chi connectivity index (χ3n) is 2.77. The molecule has 1 saturated heterocycles. The van der Waals surface area contributed by atoms with Gasteiger partial charge in [0.2, 0.25) is 15.9 Å². The number of amides is 1. The van der Waals surface area contributed by atoms with Gasteiger partial charge in [0.15, 0.2) is 0 Å². The molecule has 0 bridgehead atoms. The van der Waals surface area contributed by atoms with Crippen LogP contribution >= 0.6 is 23.4 Å². The third kappa shape index (κ3) is 5.06. The van der Waals surface area contributed by atoms with Crippen molar-refractivity contribution in [3.05, 3.63) is 23.2 Å². The van der Waals surface area contributed by atoms with Crippen molar-refractivity contribution in [2.45, 2.75) is 6.04 Å². The highest BCUT2D eigenvalue weighted by atomic mass is 35.5. The van der Waals surface area contributed by atoms with Gasteiger partial charge in [-0.05, 0) is 18.2 Å². The summed E-state index contributed by atoms with van der Waals surface area (Å²) in [6, 6.07) is 4.30. The maximum absolute atomic E-state index is 12.1. The maximum atomic E-state index is 12.1. The van der Waals surface area contributed by atoms with Crippen molar-refractivity contribution in [1.29, 1.82) is 0 Å². The lowest BCUT2D eigenvalue weighted by Crippen LogP contribution is -2.46. The number of hydrogen-bond acceptors (Lipinski definition) is 5. The predicted molar refractivity (Wildman–Crippen MR) is 87.7 cm³/mol. The van der Waals surface area contributed by atoms with E-state index in [1.54, 1.807) is 11.8 Å². The summed E-state index contributed by atoms with van der Waals surface area (Å²) in [6.07, 6.45) is 1.06. The second kappa shape index (κ2) is 6.87. The van der Waals surface area contributed by atoms with Crippen LogP contribution in [0.1, 0.15) is 0 Å². The monoisotopic (exact) mass is 349 g/mol. The molecule has 1 unspecified atom stereocenters. The van der Waals surface area contributed by atoms with E-state index >= 15 is 0 Å². The lowest BCUT2D eigenvalue weighted by atomic mass is 10.2. The Kier molecular flexibility index (Phi) is 5.37. The first kappa shape index (κ1) is 16.4. The van der Waals surface area contributed by atoms with Gasteiger partial charge in [0, 0.05) is 18.1 Å². The van der Waals surface area contributed by atoms with Gasteiger partial charge in [0.05, 0.1) is 28.7 Å². The first-order valence-electron chi connectivity index (χ1n) is 6.24. The summed E-state index contributed by atoms with van der Waals surface area (Å²) in [6.45, 7) is 0.784. The number of nitrogens with one attached hydrogen (secondary N) is 3. The van der Waals surface area contributed by atoms with Crippen LogP contribution in [-0.2, 0) is 14.8 Å². The van der Waals surface area contributed by atoms with Crippen LogP contribution < -0.4 is 15.4 Å². The van der Waals surface area contributed by atoms with Crippen molar-refractivity contribution < 1.29 is 13.2 Å². The van der Waals surface area contributed by atoms with Crippen LogP contribution in [0.2, 0.25) is 5.02 Å². The van der Waals surface area contributed by atoms with Gasteiger partial charge >= 0.3 is 0 Å². The molecule has 0 spiro atoms. The van der Waals surface area contributed by atoms with Gasteiger partial charge in [0.1, 0.15) is 0 Å². The maximum Gasteiger partial charge on any atom is 0.242 e. The minimum atomic E-state index is -3.38. The molecule has 1 aromatic rings. The number of carbonyl (C=O) groups excluding carboxylic acids is 1. The number of anilines is 2. The Bertz CT molecular complexity index is 631. The fraction of sp³-hybridized carbons (Fsp3) is 0.417. The van der Waals surface area contributed by atoms with E-state index in [0.29, 0.717) is 22.2 Å². The molecule has 2 rings (SSSR count). The molecular weight excluding hydrogens is 334 g/mol. The van der Waals surface area contributed by atoms with E-state index in [2.05, 4.69) is 15.4 Å². The molecule has 1 atom stereocenters. The largest absolute Gasteiger partial charge is 0.323 e. The normalized spacial score (nSPS) is 19.0. The number of thioether (sulfide) groups is 1. The second-order valence-corrected chi connectivity index (χ2v) is 7.95. The lowest BCUT2D eigenvalue weighted by Gasteiger charge is -2.22. The summed E-state index contributed by atoms with van der Waals surface area (Å²) < 4.78 is 24.8. The van der Waals surface area contributed by atoms with Crippen molar-refractivity contribution in [3.8, 4) is 0 Å². The Morgan fingerprint density at radius 2 is 2.24 bits per heavy atom. The highest BCUT2D eigenvalue weighted by Crippen LogP contribution is 2.26. The number of halogens is 1. The van der Waals surface area contributed by atoms with Crippen LogP contribution in [0.3, 0.4) is 0 Å². The standard InChI is InChI=1S/C12H16ClN3O3S2/c1-21(18,19)16-8-2-3-9(13)10(6-8)15-12(17)11-7-20-5-4-14-11/h2-3,6,11,14,16H,4-5,7H2,1H3,(H,15,17). The molecule has 9 heteroatoms. The number of hydrogen-bond donors (Lipinski definition) is 3. The van der Waals surface area contributed by atoms with Gasteiger partial charge in [0.25, 0.3) is 0 Å². The van der Waals surface area contributed by atoms with Gasteiger partial charge in [-0.1, -0.05) is 11.6 Å². The molecule has 1 aromatic carbocycles. The third-order valence-corrected chi connectivity index (χ3v) is 4.76. The van der Waals surface area contributed by atoms with Crippen molar-refractivity contribution in [2.75, 3.05) is 34.3 Å². The Morgan fingerprint density at radius 1 is 1.48 bits per heavy atom. The molecule has 1 amide bonds. The van der Waals surface area contributed by atoms with Crippen molar-refractivity contribution in [2.24, 2.45) is 0 Å². The summed E-state index contributed by atoms with van der Waals surface area (Å²) in [5, 5.41) is 6.20. The number of sulfonamides is 1. The average Bonchev–Trinajstić information content (AvgIpc) is 2.42. The SMILES string of the molecule is CS(=O)(=O)Nc1ccc(Cl)c(NC(=O)C2CSCCN2)c1. The Labute approximate surface area is 133 Å². The van der Waals surface area contributed by atoms with E-state index in [1.807, 2.05) is 0 Å².